The van der Waals surface area contributed by atoms with Crippen LogP contribution >= 0.6 is 0 Å². The first-order chi connectivity index (χ1) is 8.51. The lowest BCUT2D eigenvalue weighted by atomic mass is 9.89. The van der Waals surface area contributed by atoms with Gasteiger partial charge in [-0.05, 0) is 38.7 Å². The van der Waals surface area contributed by atoms with E-state index in [1.807, 2.05) is 25.1 Å². The van der Waals surface area contributed by atoms with Crippen molar-refractivity contribution in [2.75, 3.05) is 0 Å². The van der Waals surface area contributed by atoms with E-state index in [0.717, 1.165) is 19.3 Å². The molecule has 1 aromatic rings. The van der Waals surface area contributed by atoms with Gasteiger partial charge in [0.25, 0.3) is 0 Å². The summed E-state index contributed by atoms with van der Waals surface area (Å²) in [4.78, 5) is 11.2. The molecule has 1 aliphatic rings. The standard InChI is InChI=1S/C15H21NO2/c1-11(12-6-4-3-5-7-12)16-13-8-9-15(2,10-13)14(17)18/h3-7,11,13,16H,8-10H2,1-2H3,(H,17,18)/t11?,13-,15+/m0/s1. The normalized spacial score (nSPS) is 29.1. The molecule has 0 saturated heterocycles. The maximum absolute atomic E-state index is 11.2. The minimum absolute atomic E-state index is 0.271. The van der Waals surface area contributed by atoms with E-state index in [0.29, 0.717) is 6.04 Å². The molecule has 2 rings (SSSR count). The summed E-state index contributed by atoms with van der Waals surface area (Å²) >= 11 is 0. The number of rotatable bonds is 4. The Morgan fingerprint density at radius 1 is 1.44 bits per heavy atom. The van der Waals surface area contributed by atoms with E-state index in [9.17, 15) is 9.90 Å². The predicted octanol–water partition coefficient (Wildman–Crippen LogP) is 2.98. The van der Waals surface area contributed by atoms with E-state index in [1.165, 1.54) is 5.56 Å². The predicted molar refractivity (Wildman–Crippen MR) is 71.4 cm³/mol. The van der Waals surface area contributed by atoms with Crippen LogP contribution in [-0.2, 0) is 4.79 Å². The molecule has 1 unspecified atom stereocenters. The van der Waals surface area contributed by atoms with Crippen molar-refractivity contribution >= 4 is 5.97 Å². The van der Waals surface area contributed by atoms with Gasteiger partial charge in [-0.2, -0.15) is 0 Å². The highest BCUT2D eigenvalue weighted by Crippen LogP contribution is 2.38. The fourth-order valence-electron chi connectivity index (χ4n) is 2.77. The Balaban J connectivity index is 1.94. The highest BCUT2D eigenvalue weighted by atomic mass is 16.4. The van der Waals surface area contributed by atoms with Gasteiger partial charge in [0.2, 0.25) is 0 Å². The SMILES string of the molecule is CC(N[C@H]1CC[C@@](C)(C(=O)O)C1)c1ccccc1. The summed E-state index contributed by atoms with van der Waals surface area (Å²) in [5.74, 6) is -0.667. The number of aliphatic carboxylic acids is 1. The molecular formula is C15H21NO2. The Morgan fingerprint density at radius 2 is 2.11 bits per heavy atom. The molecule has 1 aliphatic carbocycles. The van der Waals surface area contributed by atoms with Gasteiger partial charge in [-0.25, -0.2) is 0 Å². The van der Waals surface area contributed by atoms with Gasteiger partial charge in [0.1, 0.15) is 0 Å². The van der Waals surface area contributed by atoms with Crippen LogP contribution in [0.3, 0.4) is 0 Å². The Labute approximate surface area is 108 Å². The largest absolute Gasteiger partial charge is 0.481 e. The fraction of sp³-hybridized carbons (Fsp3) is 0.533. The zero-order valence-corrected chi connectivity index (χ0v) is 11.0. The van der Waals surface area contributed by atoms with Crippen molar-refractivity contribution < 1.29 is 9.90 Å². The van der Waals surface area contributed by atoms with Gasteiger partial charge in [-0.3, -0.25) is 4.79 Å². The minimum Gasteiger partial charge on any atom is -0.481 e. The van der Waals surface area contributed by atoms with Crippen LogP contribution in [0.25, 0.3) is 0 Å². The first-order valence-electron chi connectivity index (χ1n) is 6.56. The van der Waals surface area contributed by atoms with Gasteiger partial charge in [-0.15, -0.1) is 0 Å². The number of hydrogen-bond acceptors (Lipinski definition) is 2. The summed E-state index contributed by atoms with van der Waals surface area (Å²) in [5.41, 5.74) is 0.704. The molecule has 0 amide bonds. The lowest BCUT2D eigenvalue weighted by Crippen LogP contribution is -2.32. The number of benzene rings is 1. The Hall–Kier alpha value is -1.35. The topological polar surface area (TPSA) is 49.3 Å². The van der Waals surface area contributed by atoms with E-state index >= 15 is 0 Å². The van der Waals surface area contributed by atoms with Crippen LogP contribution in [0, 0.1) is 5.41 Å². The zero-order valence-electron chi connectivity index (χ0n) is 11.0. The molecule has 0 bridgehead atoms. The smallest absolute Gasteiger partial charge is 0.309 e. The molecule has 0 heterocycles. The minimum atomic E-state index is -0.667. The average molecular weight is 247 g/mol. The molecular weight excluding hydrogens is 226 g/mol. The second kappa shape index (κ2) is 5.11. The van der Waals surface area contributed by atoms with E-state index in [2.05, 4.69) is 24.4 Å². The lowest BCUT2D eigenvalue weighted by molar-refractivity contribution is -0.147. The molecule has 3 heteroatoms. The van der Waals surface area contributed by atoms with Crippen LogP contribution in [-0.4, -0.2) is 17.1 Å². The number of hydrogen-bond donors (Lipinski definition) is 2. The van der Waals surface area contributed by atoms with Crippen LogP contribution < -0.4 is 5.32 Å². The highest BCUT2D eigenvalue weighted by molar-refractivity contribution is 5.74. The third kappa shape index (κ3) is 2.72. The second-order valence-electron chi connectivity index (χ2n) is 5.60. The van der Waals surface area contributed by atoms with Gasteiger partial charge in [0.15, 0.2) is 0 Å². The summed E-state index contributed by atoms with van der Waals surface area (Å²) in [6.07, 6.45) is 2.43. The van der Waals surface area contributed by atoms with Crippen LogP contribution in [0.1, 0.15) is 44.7 Å². The second-order valence-corrected chi connectivity index (χ2v) is 5.60. The molecule has 18 heavy (non-hydrogen) atoms. The third-order valence-corrected chi connectivity index (χ3v) is 4.04. The molecule has 0 aromatic heterocycles. The van der Waals surface area contributed by atoms with Crippen molar-refractivity contribution in [1.29, 1.82) is 0 Å². The summed E-state index contributed by atoms with van der Waals surface area (Å²) in [6.45, 7) is 3.98. The van der Waals surface area contributed by atoms with Crippen molar-refractivity contribution in [1.82, 2.24) is 5.32 Å². The molecule has 2 N–H and O–H groups in total. The molecule has 3 atom stereocenters. The molecule has 1 fully saturated rings. The summed E-state index contributed by atoms with van der Waals surface area (Å²) in [6, 6.07) is 10.8. The van der Waals surface area contributed by atoms with Gasteiger partial charge in [0.05, 0.1) is 5.41 Å². The number of carbonyl (C=O) groups is 1. The van der Waals surface area contributed by atoms with Crippen LogP contribution in [0.15, 0.2) is 30.3 Å². The summed E-state index contributed by atoms with van der Waals surface area (Å²) in [5, 5.41) is 12.8. The van der Waals surface area contributed by atoms with Crippen molar-refractivity contribution in [3.63, 3.8) is 0 Å². The molecule has 3 nitrogen and oxygen atoms in total. The van der Waals surface area contributed by atoms with Crippen molar-refractivity contribution in [3.05, 3.63) is 35.9 Å². The third-order valence-electron chi connectivity index (χ3n) is 4.04. The molecule has 1 saturated carbocycles. The number of nitrogens with one attached hydrogen (secondary N) is 1. The van der Waals surface area contributed by atoms with Gasteiger partial charge in [-0.1, -0.05) is 30.3 Å². The number of carboxylic acid groups (broad SMARTS) is 1. The quantitative estimate of drug-likeness (QED) is 0.860. The maximum atomic E-state index is 11.2. The molecule has 0 radical (unpaired) electrons. The highest BCUT2D eigenvalue weighted by Gasteiger charge is 2.41. The van der Waals surface area contributed by atoms with Gasteiger partial charge < -0.3 is 10.4 Å². The van der Waals surface area contributed by atoms with Crippen molar-refractivity contribution in [2.45, 2.75) is 45.2 Å². The first-order valence-corrected chi connectivity index (χ1v) is 6.56. The summed E-state index contributed by atoms with van der Waals surface area (Å²) in [7, 11) is 0. The van der Waals surface area contributed by atoms with Gasteiger partial charge >= 0.3 is 5.97 Å². The van der Waals surface area contributed by atoms with E-state index < -0.39 is 11.4 Å². The lowest BCUT2D eigenvalue weighted by Gasteiger charge is -2.22. The van der Waals surface area contributed by atoms with Crippen LogP contribution in [0.2, 0.25) is 0 Å². The molecule has 1 aromatic carbocycles. The average Bonchev–Trinajstić information content (AvgIpc) is 2.73. The van der Waals surface area contributed by atoms with E-state index in [-0.39, 0.29) is 6.04 Å². The van der Waals surface area contributed by atoms with E-state index in [4.69, 9.17) is 0 Å². The van der Waals surface area contributed by atoms with Crippen molar-refractivity contribution in [2.24, 2.45) is 5.41 Å². The zero-order chi connectivity index (χ0) is 13.2. The van der Waals surface area contributed by atoms with Crippen molar-refractivity contribution in [3.8, 4) is 0 Å². The first kappa shape index (κ1) is 13.1. The van der Waals surface area contributed by atoms with Gasteiger partial charge in [0, 0.05) is 12.1 Å². The molecule has 0 spiro atoms. The van der Waals surface area contributed by atoms with E-state index in [1.54, 1.807) is 0 Å². The Morgan fingerprint density at radius 3 is 2.67 bits per heavy atom. The summed E-state index contributed by atoms with van der Waals surface area (Å²) < 4.78 is 0. The fourth-order valence-corrected chi connectivity index (χ4v) is 2.77. The van der Waals surface area contributed by atoms with Crippen LogP contribution in [0.5, 0.6) is 0 Å². The Bertz CT molecular complexity index is 418. The molecule has 0 aliphatic heterocycles. The Kier molecular flexibility index (Phi) is 3.71. The number of carboxylic acids is 1. The molecule has 98 valence electrons. The maximum Gasteiger partial charge on any atom is 0.309 e. The van der Waals surface area contributed by atoms with Crippen LogP contribution in [0.4, 0.5) is 0 Å². The monoisotopic (exact) mass is 247 g/mol.